The predicted molar refractivity (Wildman–Crippen MR) is 85.9 cm³/mol. The fourth-order valence-corrected chi connectivity index (χ4v) is 2.76. The van der Waals surface area contributed by atoms with Crippen molar-refractivity contribution in [1.82, 2.24) is 5.32 Å². The number of rotatable bonds is 4. The van der Waals surface area contributed by atoms with Gasteiger partial charge in [0.1, 0.15) is 5.60 Å². The Morgan fingerprint density at radius 1 is 1.40 bits per heavy atom. The van der Waals surface area contributed by atoms with Crippen molar-refractivity contribution in [2.75, 3.05) is 31.8 Å². The van der Waals surface area contributed by atoms with Crippen LogP contribution < -0.4 is 10.6 Å². The van der Waals surface area contributed by atoms with Crippen molar-refractivity contribution in [3.8, 4) is 0 Å². The number of thioether (sulfide) groups is 1. The van der Waals surface area contributed by atoms with E-state index in [0.717, 1.165) is 23.7 Å². The molecule has 0 bridgehead atoms. The standard InChI is InChI=1S/C14H20N2O2S.ClH/c1-18-14(6-8-15-9-7-14)13(17)16-11-4-3-5-12(10-11)19-2;/h3-5,10,15H,6-9H2,1-2H3,(H,16,17);1H. The van der Waals surface area contributed by atoms with Crippen LogP contribution in [0.1, 0.15) is 12.8 Å². The SMILES string of the molecule is COC1(C(=O)Nc2cccc(SC)c2)CCNCC1.Cl. The number of benzene rings is 1. The third-order valence-corrected chi connectivity index (χ3v) is 4.27. The lowest BCUT2D eigenvalue weighted by atomic mass is 9.91. The first-order valence-corrected chi connectivity index (χ1v) is 7.64. The molecule has 1 aliphatic rings. The number of piperidine rings is 1. The zero-order valence-electron chi connectivity index (χ0n) is 11.8. The van der Waals surface area contributed by atoms with Crippen LogP contribution in [0.5, 0.6) is 0 Å². The summed E-state index contributed by atoms with van der Waals surface area (Å²) in [7, 11) is 1.61. The smallest absolute Gasteiger partial charge is 0.256 e. The summed E-state index contributed by atoms with van der Waals surface area (Å²) in [5.41, 5.74) is 0.132. The van der Waals surface area contributed by atoms with E-state index in [9.17, 15) is 4.79 Å². The molecule has 1 amide bonds. The van der Waals surface area contributed by atoms with Crippen molar-refractivity contribution in [3.05, 3.63) is 24.3 Å². The van der Waals surface area contributed by atoms with Crippen molar-refractivity contribution in [2.24, 2.45) is 0 Å². The summed E-state index contributed by atoms with van der Waals surface area (Å²) in [6.07, 6.45) is 3.43. The van der Waals surface area contributed by atoms with Gasteiger partial charge in [0.25, 0.3) is 5.91 Å². The number of methoxy groups -OCH3 is 1. The Balaban J connectivity index is 0.00000200. The first kappa shape index (κ1) is 17.3. The van der Waals surface area contributed by atoms with Gasteiger partial charge in [-0.2, -0.15) is 0 Å². The summed E-state index contributed by atoms with van der Waals surface area (Å²) in [4.78, 5) is 13.6. The van der Waals surface area contributed by atoms with E-state index in [1.54, 1.807) is 18.9 Å². The van der Waals surface area contributed by atoms with Crippen LogP contribution in [0, 0.1) is 0 Å². The first-order chi connectivity index (χ1) is 9.20. The van der Waals surface area contributed by atoms with Crippen LogP contribution in [0.25, 0.3) is 0 Å². The zero-order chi connectivity index (χ0) is 13.7. The third-order valence-electron chi connectivity index (χ3n) is 3.54. The monoisotopic (exact) mass is 316 g/mol. The molecule has 0 saturated carbocycles. The molecular weight excluding hydrogens is 296 g/mol. The second kappa shape index (κ2) is 7.88. The minimum absolute atomic E-state index is 0. The van der Waals surface area contributed by atoms with E-state index in [1.165, 1.54) is 0 Å². The van der Waals surface area contributed by atoms with Gasteiger partial charge < -0.3 is 15.4 Å². The Labute approximate surface area is 130 Å². The van der Waals surface area contributed by atoms with Crippen molar-refractivity contribution in [2.45, 2.75) is 23.3 Å². The minimum Gasteiger partial charge on any atom is -0.368 e. The Morgan fingerprint density at radius 3 is 2.70 bits per heavy atom. The van der Waals surface area contributed by atoms with E-state index in [4.69, 9.17) is 4.74 Å². The average Bonchev–Trinajstić information content (AvgIpc) is 2.48. The van der Waals surface area contributed by atoms with E-state index in [-0.39, 0.29) is 18.3 Å². The highest BCUT2D eigenvalue weighted by molar-refractivity contribution is 7.98. The number of carbonyl (C=O) groups excluding carboxylic acids is 1. The number of anilines is 1. The summed E-state index contributed by atoms with van der Waals surface area (Å²) < 4.78 is 5.51. The maximum absolute atomic E-state index is 12.4. The van der Waals surface area contributed by atoms with E-state index in [0.29, 0.717) is 12.8 Å². The van der Waals surface area contributed by atoms with Crippen LogP contribution in [0.4, 0.5) is 5.69 Å². The van der Waals surface area contributed by atoms with Gasteiger partial charge in [0, 0.05) is 17.7 Å². The molecule has 4 nitrogen and oxygen atoms in total. The van der Waals surface area contributed by atoms with Gasteiger partial charge in [-0.3, -0.25) is 4.79 Å². The van der Waals surface area contributed by atoms with Gasteiger partial charge in [-0.05, 0) is 50.4 Å². The van der Waals surface area contributed by atoms with Gasteiger partial charge in [-0.25, -0.2) is 0 Å². The van der Waals surface area contributed by atoms with Crippen molar-refractivity contribution < 1.29 is 9.53 Å². The lowest BCUT2D eigenvalue weighted by molar-refractivity contribution is -0.140. The fourth-order valence-electron chi connectivity index (χ4n) is 2.30. The predicted octanol–water partition coefficient (Wildman–Crippen LogP) is 2.54. The highest BCUT2D eigenvalue weighted by Gasteiger charge is 2.39. The molecule has 2 N–H and O–H groups in total. The summed E-state index contributed by atoms with van der Waals surface area (Å²) in [5, 5.41) is 6.22. The minimum atomic E-state index is -0.694. The molecule has 1 aromatic carbocycles. The molecule has 1 aromatic rings. The number of nitrogens with one attached hydrogen (secondary N) is 2. The van der Waals surface area contributed by atoms with Crippen molar-refractivity contribution >= 4 is 35.8 Å². The van der Waals surface area contributed by atoms with Gasteiger partial charge in [0.15, 0.2) is 0 Å². The average molecular weight is 317 g/mol. The Kier molecular flexibility index (Phi) is 6.82. The molecule has 1 fully saturated rings. The van der Waals surface area contributed by atoms with Gasteiger partial charge in [0.2, 0.25) is 0 Å². The van der Waals surface area contributed by atoms with Gasteiger partial charge >= 0.3 is 0 Å². The third kappa shape index (κ3) is 3.88. The van der Waals surface area contributed by atoms with Gasteiger partial charge in [-0.15, -0.1) is 24.2 Å². The van der Waals surface area contributed by atoms with E-state index < -0.39 is 5.60 Å². The highest BCUT2D eigenvalue weighted by atomic mass is 35.5. The summed E-state index contributed by atoms with van der Waals surface area (Å²) in [6, 6.07) is 7.86. The van der Waals surface area contributed by atoms with Crippen molar-refractivity contribution in [1.29, 1.82) is 0 Å². The lowest BCUT2D eigenvalue weighted by Crippen LogP contribution is -2.51. The van der Waals surface area contributed by atoms with Crippen LogP contribution in [0.3, 0.4) is 0 Å². The molecule has 0 aliphatic carbocycles. The van der Waals surface area contributed by atoms with Gasteiger partial charge in [0.05, 0.1) is 0 Å². The molecule has 0 spiro atoms. The van der Waals surface area contributed by atoms with Crippen LogP contribution in [0.2, 0.25) is 0 Å². The molecule has 0 aromatic heterocycles. The molecule has 1 aliphatic heterocycles. The Morgan fingerprint density at radius 2 is 2.10 bits per heavy atom. The van der Waals surface area contributed by atoms with Gasteiger partial charge in [-0.1, -0.05) is 6.07 Å². The lowest BCUT2D eigenvalue weighted by Gasteiger charge is -2.34. The normalized spacial score (nSPS) is 17.1. The number of hydrogen-bond acceptors (Lipinski definition) is 4. The van der Waals surface area contributed by atoms with Crippen molar-refractivity contribution in [3.63, 3.8) is 0 Å². The summed E-state index contributed by atoms with van der Waals surface area (Å²) >= 11 is 1.66. The topological polar surface area (TPSA) is 50.4 Å². The Hall–Kier alpha value is -0.750. The highest BCUT2D eigenvalue weighted by Crippen LogP contribution is 2.25. The molecule has 0 atom stereocenters. The zero-order valence-corrected chi connectivity index (χ0v) is 13.4. The summed E-state index contributed by atoms with van der Waals surface area (Å²) in [5.74, 6) is -0.0465. The van der Waals surface area contributed by atoms with E-state index in [1.807, 2.05) is 30.5 Å². The Bertz CT molecular complexity index is 451. The summed E-state index contributed by atoms with van der Waals surface area (Å²) in [6.45, 7) is 1.62. The first-order valence-electron chi connectivity index (χ1n) is 6.41. The molecule has 6 heteroatoms. The number of hydrogen-bond donors (Lipinski definition) is 2. The molecule has 1 saturated heterocycles. The molecule has 0 unspecified atom stereocenters. The second-order valence-corrected chi connectivity index (χ2v) is 5.51. The van der Waals surface area contributed by atoms with Crippen LogP contribution >= 0.6 is 24.2 Å². The fraction of sp³-hybridized carbons (Fsp3) is 0.500. The second-order valence-electron chi connectivity index (χ2n) is 4.63. The van der Waals surface area contributed by atoms with Crippen LogP contribution in [0.15, 0.2) is 29.2 Å². The largest absolute Gasteiger partial charge is 0.368 e. The number of halogens is 1. The number of carbonyl (C=O) groups is 1. The molecule has 20 heavy (non-hydrogen) atoms. The maximum atomic E-state index is 12.4. The van der Waals surface area contributed by atoms with Crippen LogP contribution in [-0.2, 0) is 9.53 Å². The van der Waals surface area contributed by atoms with E-state index in [2.05, 4.69) is 10.6 Å². The van der Waals surface area contributed by atoms with Crippen LogP contribution in [-0.4, -0.2) is 38.0 Å². The molecule has 0 radical (unpaired) electrons. The number of amides is 1. The molecule has 1 heterocycles. The molecule has 2 rings (SSSR count). The number of ether oxygens (including phenoxy) is 1. The quantitative estimate of drug-likeness (QED) is 0.838. The van der Waals surface area contributed by atoms with E-state index >= 15 is 0 Å². The maximum Gasteiger partial charge on any atom is 0.256 e. The molecular formula is C14H21ClN2O2S. The molecule has 112 valence electrons.